The summed E-state index contributed by atoms with van der Waals surface area (Å²) in [6.07, 6.45) is 0. The van der Waals surface area contributed by atoms with E-state index in [1.165, 1.54) is 0 Å². The molecule has 1 heterocycles. The Morgan fingerprint density at radius 2 is 0.333 bits per heavy atom. The maximum Gasteiger partial charge on any atom is 0.384 e. The molecule has 2 atom stereocenters. The van der Waals surface area contributed by atoms with Crippen molar-refractivity contribution < 1.29 is 110 Å². The summed E-state index contributed by atoms with van der Waals surface area (Å²) in [5.74, 6) is -102. The predicted molar refractivity (Wildman–Crippen MR) is 65.9 cm³/mol. The van der Waals surface area contributed by atoms with Gasteiger partial charge in [0.2, 0.25) is 0 Å². The summed E-state index contributed by atoms with van der Waals surface area (Å²) in [7, 11) is 0. The number of epoxide rings is 1. The van der Waals surface area contributed by atoms with Gasteiger partial charge < -0.3 is 0 Å². The quantitative estimate of drug-likeness (QED) is 0.231. The molecule has 0 bridgehead atoms. The third kappa shape index (κ3) is 2.26. The van der Waals surface area contributed by atoms with Crippen molar-refractivity contribution in [2.45, 2.75) is 82.3 Å². The number of rotatable bonds is 2. The van der Waals surface area contributed by atoms with Gasteiger partial charge in [0.1, 0.15) is 0 Å². The van der Waals surface area contributed by atoms with Crippen LogP contribution in [0.3, 0.4) is 0 Å². The van der Waals surface area contributed by atoms with Crippen molar-refractivity contribution >= 4 is 0 Å². The monoisotopic (exact) mass is 640 g/mol. The summed E-state index contributed by atoms with van der Waals surface area (Å²) >= 11 is 0. The average molecular weight is 640 g/mol. The van der Waals surface area contributed by atoms with Gasteiger partial charge in [0, 0.05) is 0 Å². The van der Waals surface area contributed by atoms with Crippen LogP contribution in [0, 0.1) is 0 Å². The van der Waals surface area contributed by atoms with E-state index >= 15 is 0 Å². The predicted octanol–water partition coefficient (Wildman–Crippen LogP) is 7.15. The molecule has 0 aromatic rings. The highest BCUT2D eigenvalue weighted by atomic mass is 19.4. The van der Waals surface area contributed by atoms with Crippen molar-refractivity contribution in [1.29, 1.82) is 0 Å². The molecule has 3 rings (SSSR count). The van der Waals surface area contributed by atoms with Crippen LogP contribution in [-0.4, -0.2) is 82.3 Å². The van der Waals surface area contributed by atoms with Crippen molar-refractivity contribution in [1.82, 2.24) is 0 Å². The number of ether oxygens (including phenoxy) is 1. The molecule has 1 nitrogen and oxygen atoms in total. The van der Waals surface area contributed by atoms with Crippen LogP contribution < -0.4 is 0 Å². The van der Waals surface area contributed by atoms with E-state index in [2.05, 4.69) is 0 Å². The van der Waals surface area contributed by atoms with Crippen LogP contribution in [0.2, 0.25) is 0 Å². The molecule has 39 heavy (non-hydrogen) atoms. The Morgan fingerprint density at radius 3 is 0.487 bits per heavy atom. The largest absolute Gasteiger partial charge is 0.384 e. The second-order valence-electron chi connectivity index (χ2n) is 8.35. The zero-order chi connectivity index (χ0) is 31.7. The number of alkyl halides is 24. The molecule has 0 aromatic carbocycles. The van der Waals surface area contributed by atoms with Gasteiger partial charge in [-0.05, 0) is 0 Å². The summed E-state index contributed by atoms with van der Waals surface area (Å²) in [6.45, 7) is 0. The number of halogens is 24. The summed E-state index contributed by atoms with van der Waals surface area (Å²) in [4.78, 5) is 0. The molecule has 0 amide bonds. The van der Waals surface area contributed by atoms with Gasteiger partial charge in [-0.2, -0.15) is 87.8 Å². The van der Waals surface area contributed by atoms with Crippen LogP contribution in [-0.2, 0) is 4.74 Å². The molecule has 3 fully saturated rings. The van der Waals surface area contributed by atoms with Gasteiger partial charge in [-0.15, -0.1) is 0 Å². The lowest BCUT2D eigenvalue weighted by atomic mass is 9.64. The van der Waals surface area contributed by atoms with E-state index in [0.717, 1.165) is 0 Å². The zero-order valence-electron chi connectivity index (χ0n) is 16.5. The third-order valence-corrected chi connectivity index (χ3v) is 6.42. The van der Waals surface area contributed by atoms with Gasteiger partial charge >= 0.3 is 82.3 Å². The Hall–Kier alpha value is -1.72. The van der Waals surface area contributed by atoms with Crippen molar-refractivity contribution in [2.75, 3.05) is 0 Å². The van der Waals surface area contributed by atoms with Crippen LogP contribution in [0.5, 0.6) is 0 Å². The molecule has 2 aliphatic carbocycles. The molecule has 0 radical (unpaired) electrons. The Labute approximate surface area is 194 Å². The van der Waals surface area contributed by atoms with Crippen LogP contribution in [0.4, 0.5) is 105 Å². The topological polar surface area (TPSA) is 12.5 Å². The number of hydrogen-bond donors (Lipinski definition) is 0. The first-order valence-electron chi connectivity index (χ1n) is 8.69. The van der Waals surface area contributed by atoms with Gasteiger partial charge in [-0.1, -0.05) is 0 Å². The van der Waals surface area contributed by atoms with Crippen molar-refractivity contribution in [3.8, 4) is 0 Å². The SMILES string of the molecule is FC1(F)C(F)(F)C(F)(F)C(F)(C2(F)OC2(F)C2(F)C(F)(F)C(F)(F)C(F)(F)C(F)(F)C2(F)F)C(F)(F)C1(F)F. The standard InChI is InChI=1S/C14F24O/c15-1(3(17,18)7(25,26)11(33,34)8(27,28)4(1,19)20)13(37)14(38,39-13)2(16)5(21,22)9(29,30)12(35,36)10(31,32)6(2,23)24. The molecular formula is C14F24O. The van der Waals surface area contributed by atoms with Crippen LogP contribution in [0.15, 0.2) is 0 Å². The first-order chi connectivity index (χ1) is 16.5. The van der Waals surface area contributed by atoms with Gasteiger partial charge in [0.15, 0.2) is 0 Å². The summed E-state index contributed by atoms with van der Waals surface area (Å²) in [5, 5.41) is 0. The molecule has 3 aliphatic rings. The highest BCUT2D eigenvalue weighted by Gasteiger charge is 3.16. The zero-order valence-corrected chi connectivity index (χ0v) is 16.5. The van der Waals surface area contributed by atoms with Crippen LogP contribution in [0.25, 0.3) is 0 Å². The molecule has 230 valence electrons. The first kappa shape index (κ1) is 31.8. The lowest BCUT2D eigenvalue weighted by molar-refractivity contribution is -0.506. The maximum atomic E-state index is 14.8. The fraction of sp³-hybridized carbons (Fsp3) is 1.00. The smallest absolute Gasteiger partial charge is 0.293 e. The molecule has 0 spiro atoms. The second-order valence-corrected chi connectivity index (χ2v) is 8.35. The van der Waals surface area contributed by atoms with E-state index in [1.807, 2.05) is 0 Å². The lowest BCUT2D eigenvalue weighted by Gasteiger charge is -2.54. The van der Waals surface area contributed by atoms with E-state index in [4.69, 9.17) is 0 Å². The molecular weight excluding hydrogens is 640 g/mol. The Bertz CT molecular complexity index is 944. The van der Waals surface area contributed by atoms with Gasteiger partial charge in [0.25, 0.3) is 0 Å². The third-order valence-electron chi connectivity index (χ3n) is 6.42. The lowest BCUT2D eigenvalue weighted by Crippen LogP contribution is -2.89. The van der Waals surface area contributed by atoms with E-state index in [-0.39, 0.29) is 0 Å². The van der Waals surface area contributed by atoms with Crippen LogP contribution >= 0.6 is 0 Å². The Balaban J connectivity index is 2.46. The molecule has 2 saturated carbocycles. The van der Waals surface area contributed by atoms with Crippen molar-refractivity contribution in [3.63, 3.8) is 0 Å². The van der Waals surface area contributed by atoms with E-state index < -0.39 is 82.3 Å². The molecule has 0 aromatic heterocycles. The van der Waals surface area contributed by atoms with Crippen LogP contribution in [0.1, 0.15) is 0 Å². The van der Waals surface area contributed by atoms with E-state index in [1.54, 1.807) is 4.74 Å². The van der Waals surface area contributed by atoms with E-state index in [0.29, 0.717) is 0 Å². The summed E-state index contributed by atoms with van der Waals surface area (Å²) in [6, 6.07) is 0. The van der Waals surface area contributed by atoms with Gasteiger partial charge in [0.05, 0.1) is 0 Å². The minimum absolute atomic E-state index is 1.80. The summed E-state index contributed by atoms with van der Waals surface area (Å²) in [5.41, 5.74) is -17.7. The minimum atomic E-state index is -8.87. The minimum Gasteiger partial charge on any atom is -0.293 e. The fourth-order valence-corrected chi connectivity index (χ4v) is 4.00. The summed E-state index contributed by atoms with van der Waals surface area (Å²) < 4.78 is 333. The Kier molecular flexibility index (Phi) is 5.31. The van der Waals surface area contributed by atoms with Gasteiger partial charge in [-0.25, -0.2) is 17.6 Å². The van der Waals surface area contributed by atoms with Crippen molar-refractivity contribution in [2.24, 2.45) is 0 Å². The normalized spacial score (nSPS) is 41.8. The second kappa shape index (κ2) is 6.51. The van der Waals surface area contributed by atoms with E-state index in [9.17, 15) is 105 Å². The molecule has 1 aliphatic heterocycles. The molecule has 0 N–H and O–H groups in total. The maximum absolute atomic E-state index is 14.8. The van der Waals surface area contributed by atoms with Gasteiger partial charge in [-0.3, -0.25) is 4.74 Å². The molecule has 2 unspecified atom stereocenters. The molecule has 1 saturated heterocycles. The average Bonchev–Trinajstić information content (AvgIpc) is 3.33. The Morgan fingerprint density at radius 1 is 0.205 bits per heavy atom. The first-order valence-corrected chi connectivity index (χ1v) is 8.69. The highest BCUT2D eigenvalue weighted by molar-refractivity contribution is 5.42. The number of hydrogen-bond acceptors (Lipinski definition) is 1. The highest BCUT2D eigenvalue weighted by Crippen LogP contribution is 2.83. The molecule has 25 heteroatoms. The fourth-order valence-electron chi connectivity index (χ4n) is 4.00. The van der Waals surface area contributed by atoms with Crippen molar-refractivity contribution in [3.05, 3.63) is 0 Å².